The van der Waals surface area contributed by atoms with Gasteiger partial charge in [-0.15, -0.1) is 10.2 Å². The van der Waals surface area contributed by atoms with Crippen LogP contribution < -0.4 is 10.2 Å². The molecule has 1 atom stereocenters. The van der Waals surface area contributed by atoms with Crippen LogP contribution in [0.4, 0.5) is 11.5 Å². The molecule has 2 heterocycles. The van der Waals surface area contributed by atoms with Crippen molar-refractivity contribution in [3.63, 3.8) is 0 Å². The van der Waals surface area contributed by atoms with Crippen LogP contribution in [-0.4, -0.2) is 37.9 Å². The molecule has 0 saturated carbocycles. The Kier molecular flexibility index (Phi) is 5.47. The molecule has 0 fully saturated rings. The molecule has 0 saturated heterocycles. The number of anilines is 2. The van der Waals surface area contributed by atoms with Crippen LogP contribution in [0.25, 0.3) is 5.69 Å². The molecule has 2 aromatic heterocycles. The molecule has 1 N–H and O–H groups in total. The Labute approximate surface area is 174 Å². The average molecular weight is 399 g/mol. The normalized spacial score (nSPS) is 11.7. The van der Waals surface area contributed by atoms with E-state index in [1.54, 1.807) is 23.1 Å². The molecule has 0 aliphatic rings. The van der Waals surface area contributed by atoms with Crippen LogP contribution in [0.5, 0.6) is 0 Å². The first-order valence-corrected chi connectivity index (χ1v) is 9.50. The fourth-order valence-corrected chi connectivity index (χ4v) is 3.02. The van der Waals surface area contributed by atoms with Gasteiger partial charge in [-0.05, 0) is 48.9 Å². The summed E-state index contributed by atoms with van der Waals surface area (Å²) in [6.07, 6.45) is 3.17. The van der Waals surface area contributed by atoms with Crippen LogP contribution in [0.3, 0.4) is 0 Å². The number of hydrogen-bond donors (Lipinski definition) is 1. The van der Waals surface area contributed by atoms with Gasteiger partial charge in [-0.25, -0.2) is 9.67 Å². The van der Waals surface area contributed by atoms with Crippen LogP contribution in [0.2, 0.25) is 0 Å². The third-order valence-electron chi connectivity index (χ3n) is 4.92. The minimum Gasteiger partial charge on any atom is -0.351 e. The zero-order valence-corrected chi connectivity index (χ0v) is 16.7. The quantitative estimate of drug-likeness (QED) is 0.534. The predicted octanol–water partition coefficient (Wildman–Crippen LogP) is 3.51. The zero-order chi connectivity index (χ0) is 20.9. The molecule has 2 aromatic carbocycles. The summed E-state index contributed by atoms with van der Waals surface area (Å²) in [6, 6.07) is 20.9. The number of amides is 1. The van der Waals surface area contributed by atoms with Crippen molar-refractivity contribution in [2.24, 2.45) is 0 Å². The molecular formula is C22H21N7O. The van der Waals surface area contributed by atoms with Gasteiger partial charge in [0.25, 0.3) is 5.91 Å². The zero-order valence-electron chi connectivity index (χ0n) is 16.7. The second-order valence-electron chi connectivity index (χ2n) is 6.82. The molecule has 150 valence electrons. The number of para-hydroxylation sites is 1. The van der Waals surface area contributed by atoms with Crippen LogP contribution in [0, 0.1) is 0 Å². The summed E-state index contributed by atoms with van der Waals surface area (Å²) in [6.45, 7) is 2.09. The van der Waals surface area contributed by atoms with Crippen LogP contribution >= 0.6 is 0 Å². The highest BCUT2D eigenvalue weighted by Gasteiger charge is 2.16. The Bertz CT molecular complexity index is 1090. The van der Waals surface area contributed by atoms with Crippen molar-refractivity contribution in [1.82, 2.24) is 25.0 Å². The SMILES string of the molecule is CC(c1ccc(-n2cncn2)cc1)N(C)c1ccc(C(=O)Nc2ccccc2)nn1. The predicted molar refractivity (Wildman–Crippen MR) is 115 cm³/mol. The molecule has 0 radical (unpaired) electrons. The Morgan fingerprint density at radius 2 is 1.77 bits per heavy atom. The van der Waals surface area contributed by atoms with E-state index in [4.69, 9.17) is 0 Å². The third-order valence-corrected chi connectivity index (χ3v) is 4.92. The summed E-state index contributed by atoms with van der Waals surface area (Å²) in [7, 11) is 1.95. The Morgan fingerprint density at radius 1 is 1.00 bits per heavy atom. The van der Waals surface area contributed by atoms with Gasteiger partial charge in [-0.1, -0.05) is 30.3 Å². The molecule has 4 rings (SSSR count). The van der Waals surface area contributed by atoms with Crippen LogP contribution in [0.15, 0.2) is 79.4 Å². The van der Waals surface area contributed by atoms with E-state index in [1.165, 1.54) is 6.33 Å². The van der Waals surface area contributed by atoms with E-state index in [0.717, 1.165) is 11.3 Å². The number of aromatic nitrogens is 5. The smallest absolute Gasteiger partial charge is 0.276 e. The average Bonchev–Trinajstić information content (AvgIpc) is 3.34. The molecule has 0 spiro atoms. The molecule has 1 unspecified atom stereocenters. The Balaban J connectivity index is 1.44. The van der Waals surface area contributed by atoms with Crippen molar-refractivity contribution in [3.05, 3.63) is 90.6 Å². The number of nitrogens with one attached hydrogen (secondary N) is 1. The van der Waals surface area contributed by atoms with Gasteiger partial charge in [0.2, 0.25) is 0 Å². The van der Waals surface area contributed by atoms with E-state index in [0.29, 0.717) is 11.5 Å². The van der Waals surface area contributed by atoms with E-state index >= 15 is 0 Å². The lowest BCUT2D eigenvalue weighted by atomic mass is 10.1. The monoisotopic (exact) mass is 399 g/mol. The number of carbonyl (C=O) groups excluding carboxylic acids is 1. The van der Waals surface area contributed by atoms with Crippen molar-refractivity contribution in [2.75, 3.05) is 17.3 Å². The lowest BCUT2D eigenvalue weighted by Gasteiger charge is -2.26. The number of rotatable bonds is 6. The van der Waals surface area contributed by atoms with Gasteiger partial charge >= 0.3 is 0 Å². The second kappa shape index (κ2) is 8.52. The topological polar surface area (TPSA) is 88.8 Å². The molecule has 1 amide bonds. The minimum atomic E-state index is -0.292. The van der Waals surface area contributed by atoms with E-state index in [1.807, 2.05) is 66.5 Å². The van der Waals surface area contributed by atoms with E-state index in [-0.39, 0.29) is 17.6 Å². The number of benzene rings is 2. The van der Waals surface area contributed by atoms with Gasteiger partial charge in [0.15, 0.2) is 11.5 Å². The fraction of sp³-hybridized carbons (Fsp3) is 0.136. The molecule has 8 nitrogen and oxygen atoms in total. The second-order valence-corrected chi connectivity index (χ2v) is 6.82. The summed E-state index contributed by atoms with van der Waals surface area (Å²) >= 11 is 0. The van der Waals surface area contributed by atoms with Gasteiger partial charge in [0.05, 0.1) is 11.7 Å². The van der Waals surface area contributed by atoms with Gasteiger partial charge in [0.1, 0.15) is 12.7 Å². The summed E-state index contributed by atoms with van der Waals surface area (Å²) < 4.78 is 1.71. The molecule has 8 heteroatoms. The number of nitrogens with zero attached hydrogens (tertiary/aromatic N) is 6. The lowest BCUT2D eigenvalue weighted by Crippen LogP contribution is -2.23. The van der Waals surface area contributed by atoms with Gasteiger partial charge < -0.3 is 10.2 Å². The van der Waals surface area contributed by atoms with Crippen molar-refractivity contribution in [3.8, 4) is 5.69 Å². The lowest BCUT2D eigenvalue weighted by molar-refractivity contribution is 0.102. The molecule has 4 aromatic rings. The Morgan fingerprint density at radius 3 is 2.40 bits per heavy atom. The first-order valence-electron chi connectivity index (χ1n) is 9.50. The van der Waals surface area contributed by atoms with Crippen molar-refractivity contribution < 1.29 is 4.79 Å². The summed E-state index contributed by atoms with van der Waals surface area (Å²) in [5, 5.41) is 15.3. The van der Waals surface area contributed by atoms with E-state index < -0.39 is 0 Å². The molecule has 0 aliphatic carbocycles. The molecule has 0 aliphatic heterocycles. The first-order chi connectivity index (χ1) is 14.6. The maximum absolute atomic E-state index is 12.3. The maximum atomic E-state index is 12.3. The fourth-order valence-electron chi connectivity index (χ4n) is 3.02. The summed E-state index contributed by atoms with van der Waals surface area (Å²) in [4.78, 5) is 18.3. The van der Waals surface area contributed by atoms with Gasteiger partial charge in [-0.2, -0.15) is 5.10 Å². The highest BCUT2D eigenvalue weighted by Crippen LogP contribution is 2.24. The van der Waals surface area contributed by atoms with Crippen molar-refractivity contribution >= 4 is 17.4 Å². The van der Waals surface area contributed by atoms with Crippen LogP contribution in [0.1, 0.15) is 29.0 Å². The number of hydrogen-bond acceptors (Lipinski definition) is 6. The van der Waals surface area contributed by atoms with Crippen LogP contribution in [-0.2, 0) is 0 Å². The molecule has 0 bridgehead atoms. The van der Waals surface area contributed by atoms with E-state index in [9.17, 15) is 4.79 Å². The largest absolute Gasteiger partial charge is 0.351 e. The molecular weight excluding hydrogens is 378 g/mol. The number of carbonyl (C=O) groups is 1. The highest BCUT2D eigenvalue weighted by atomic mass is 16.1. The standard InChI is InChI=1S/C22H21N7O/c1-16(17-8-10-19(11-9-17)29-15-23-14-24-29)28(2)21-13-12-20(26-27-21)22(30)25-18-6-4-3-5-7-18/h3-16H,1-2H3,(H,25,30). The van der Waals surface area contributed by atoms with Crippen molar-refractivity contribution in [1.29, 1.82) is 0 Å². The maximum Gasteiger partial charge on any atom is 0.276 e. The minimum absolute atomic E-state index is 0.0630. The van der Waals surface area contributed by atoms with Crippen molar-refractivity contribution in [2.45, 2.75) is 13.0 Å². The summed E-state index contributed by atoms with van der Waals surface area (Å²) in [5.41, 5.74) is 3.04. The highest BCUT2D eigenvalue weighted by molar-refractivity contribution is 6.02. The molecule has 30 heavy (non-hydrogen) atoms. The first kappa shape index (κ1) is 19.3. The summed E-state index contributed by atoms with van der Waals surface area (Å²) in [5.74, 6) is 0.388. The Hall–Kier alpha value is -4.07. The van der Waals surface area contributed by atoms with Gasteiger partial charge in [0, 0.05) is 12.7 Å². The van der Waals surface area contributed by atoms with Gasteiger partial charge in [-0.3, -0.25) is 4.79 Å². The van der Waals surface area contributed by atoms with E-state index in [2.05, 4.69) is 32.5 Å². The third kappa shape index (κ3) is 4.17.